The molecule has 0 spiro atoms. The van der Waals surface area contributed by atoms with Gasteiger partial charge in [0.1, 0.15) is 12.6 Å². The molecule has 0 radical (unpaired) electrons. The van der Waals surface area contributed by atoms with Gasteiger partial charge >= 0.3 is 6.18 Å². The van der Waals surface area contributed by atoms with Crippen molar-refractivity contribution in [3.8, 4) is 0 Å². The molecule has 2 aromatic carbocycles. The molecule has 1 unspecified atom stereocenters. The highest BCUT2D eigenvalue weighted by molar-refractivity contribution is 7.92. The van der Waals surface area contributed by atoms with Crippen molar-refractivity contribution >= 4 is 39.1 Å². The van der Waals surface area contributed by atoms with Gasteiger partial charge in [0, 0.05) is 18.1 Å². The van der Waals surface area contributed by atoms with E-state index in [-0.39, 0.29) is 12.2 Å². The number of benzene rings is 2. The minimum absolute atomic E-state index is 0.0675. The fraction of sp³-hybridized carbons (Fsp3) is 0.417. The lowest BCUT2D eigenvalue weighted by atomic mass is 10.1. The van der Waals surface area contributed by atoms with Crippen molar-refractivity contribution < 1.29 is 31.2 Å². The van der Waals surface area contributed by atoms with Crippen molar-refractivity contribution in [3.63, 3.8) is 0 Å². The Bertz CT molecular complexity index is 1180. The number of amides is 2. The lowest BCUT2D eigenvalue weighted by Gasteiger charge is -2.31. The topological polar surface area (TPSA) is 86.8 Å². The molecule has 0 aliphatic heterocycles. The summed E-state index contributed by atoms with van der Waals surface area (Å²) in [5.74, 6) is -1.21. The Balaban J connectivity index is 2.41. The zero-order chi connectivity index (χ0) is 27.1. The molecular formula is C24H29ClF3N3O4S. The quantitative estimate of drug-likeness (QED) is 0.421. The van der Waals surface area contributed by atoms with Crippen LogP contribution in [0, 0.1) is 0 Å². The summed E-state index contributed by atoms with van der Waals surface area (Å²) in [5.41, 5.74) is -0.780. The van der Waals surface area contributed by atoms with Gasteiger partial charge in [-0.3, -0.25) is 13.9 Å². The lowest BCUT2D eigenvalue weighted by Crippen LogP contribution is -2.51. The van der Waals surface area contributed by atoms with Crippen LogP contribution in [0.4, 0.5) is 18.9 Å². The van der Waals surface area contributed by atoms with Crippen LogP contribution < -0.4 is 9.62 Å². The number of rotatable bonds is 11. The van der Waals surface area contributed by atoms with Crippen molar-refractivity contribution in [1.82, 2.24) is 10.2 Å². The smallest absolute Gasteiger partial charge is 0.354 e. The number of hydrogen-bond donors (Lipinski definition) is 1. The van der Waals surface area contributed by atoms with Gasteiger partial charge in [-0.05, 0) is 49.2 Å². The first-order valence-corrected chi connectivity index (χ1v) is 13.4. The summed E-state index contributed by atoms with van der Waals surface area (Å²) in [6, 6.07) is 9.31. The number of alkyl halides is 3. The summed E-state index contributed by atoms with van der Waals surface area (Å²) in [6.07, 6.45) is -2.33. The van der Waals surface area contributed by atoms with Crippen LogP contribution in [0.2, 0.25) is 5.02 Å². The molecular weight excluding hydrogens is 519 g/mol. The molecule has 2 rings (SSSR count). The molecule has 0 saturated heterocycles. The third-order valence-electron chi connectivity index (χ3n) is 5.38. The van der Waals surface area contributed by atoms with Crippen molar-refractivity contribution in [1.29, 1.82) is 0 Å². The van der Waals surface area contributed by atoms with Gasteiger partial charge in [0.2, 0.25) is 21.8 Å². The first-order valence-electron chi connectivity index (χ1n) is 11.2. The molecule has 2 amide bonds. The summed E-state index contributed by atoms with van der Waals surface area (Å²) in [5, 5.41) is 3.14. The highest BCUT2D eigenvalue weighted by atomic mass is 35.5. The van der Waals surface area contributed by atoms with Gasteiger partial charge in [-0.25, -0.2) is 8.42 Å². The number of nitrogens with zero attached hydrogens (tertiary/aromatic N) is 2. The van der Waals surface area contributed by atoms with E-state index in [1.54, 1.807) is 24.3 Å². The highest BCUT2D eigenvalue weighted by Gasteiger charge is 2.33. The predicted molar refractivity (Wildman–Crippen MR) is 133 cm³/mol. The van der Waals surface area contributed by atoms with Crippen molar-refractivity contribution in [2.24, 2.45) is 0 Å². The molecule has 1 atom stereocenters. The Morgan fingerprint density at radius 1 is 1.11 bits per heavy atom. The summed E-state index contributed by atoms with van der Waals surface area (Å²) >= 11 is 6.05. The maximum absolute atomic E-state index is 13.4. The van der Waals surface area contributed by atoms with Crippen LogP contribution in [0.15, 0.2) is 48.5 Å². The summed E-state index contributed by atoms with van der Waals surface area (Å²) in [7, 11) is -4.16. The molecule has 0 aliphatic rings. The maximum atomic E-state index is 13.4. The molecule has 198 valence electrons. The van der Waals surface area contributed by atoms with E-state index in [0.717, 1.165) is 31.2 Å². The Hall–Kier alpha value is -2.79. The average Bonchev–Trinajstić information content (AvgIpc) is 2.79. The summed E-state index contributed by atoms with van der Waals surface area (Å²) in [6.45, 7) is 2.99. The number of nitrogens with one attached hydrogen (secondary N) is 1. The second-order valence-corrected chi connectivity index (χ2v) is 10.6. The van der Waals surface area contributed by atoms with Gasteiger partial charge in [-0.1, -0.05) is 43.1 Å². The standard InChI is InChI=1S/C24H29ClF3N3O4S/c1-4-5-12-29-23(33)17(2)30(15-18-8-6-10-20(25)13-18)22(32)16-31(36(3,34)35)21-11-7-9-19(14-21)24(26,27)28/h6-11,13-14,17H,4-5,12,15-16H2,1-3H3,(H,29,33). The van der Waals surface area contributed by atoms with Crippen molar-refractivity contribution in [2.75, 3.05) is 23.7 Å². The molecule has 1 N–H and O–H groups in total. The first kappa shape index (κ1) is 29.4. The van der Waals surface area contributed by atoms with E-state index in [1.807, 2.05) is 6.92 Å². The Labute approximate surface area is 214 Å². The van der Waals surface area contributed by atoms with Gasteiger partial charge in [0.15, 0.2) is 0 Å². The van der Waals surface area contributed by atoms with Gasteiger partial charge in [0.05, 0.1) is 17.5 Å². The molecule has 0 fully saturated rings. The predicted octanol–water partition coefficient (Wildman–Crippen LogP) is 4.46. The second kappa shape index (κ2) is 12.4. The third kappa shape index (κ3) is 8.41. The number of carbonyl (C=O) groups is 2. The third-order valence-corrected chi connectivity index (χ3v) is 6.76. The number of carbonyl (C=O) groups excluding carboxylic acids is 2. The number of anilines is 1. The molecule has 36 heavy (non-hydrogen) atoms. The molecule has 0 aliphatic carbocycles. The minimum Gasteiger partial charge on any atom is -0.354 e. The summed E-state index contributed by atoms with van der Waals surface area (Å²) < 4.78 is 65.3. The molecule has 0 saturated carbocycles. The van der Waals surface area contributed by atoms with E-state index in [1.165, 1.54) is 17.9 Å². The van der Waals surface area contributed by atoms with E-state index in [2.05, 4.69) is 5.32 Å². The van der Waals surface area contributed by atoms with Crippen LogP contribution in [0.25, 0.3) is 0 Å². The maximum Gasteiger partial charge on any atom is 0.416 e. The molecule has 7 nitrogen and oxygen atoms in total. The fourth-order valence-corrected chi connectivity index (χ4v) is 4.46. The second-order valence-electron chi connectivity index (χ2n) is 8.29. The Morgan fingerprint density at radius 3 is 2.36 bits per heavy atom. The number of unbranched alkanes of at least 4 members (excludes halogenated alkanes) is 1. The molecule has 0 aromatic heterocycles. The SMILES string of the molecule is CCCCNC(=O)C(C)N(Cc1cccc(Cl)c1)C(=O)CN(c1cccc(C(F)(F)F)c1)S(C)(=O)=O. The molecule has 12 heteroatoms. The van der Waals surface area contributed by atoms with Crippen molar-refractivity contribution in [3.05, 3.63) is 64.7 Å². The van der Waals surface area contributed by atoms with Gasteiger partial charge in [-0.2, -0.15) is 13.2 Å². The van der Waals surface area contributed by atoms with E-state index < -0.39 is 46.2 Å². The van der Waals surface area contributed by atoms with E-state index in [9.17, 15) is 31.2 Å². The van der Waals surface area contributed by atoms with Gasteiger partial charge in [-0.15, -0.1) is 0 Å². The lowest BCUT2D eigenvalue weighted by molar-refractivity contribution is -0.139. The number of halogens is 4. The van der Waals surface area contributed by atoms with E-state index in [0.29, 0.717) is 27.5 Å². The van der Waals surface area contributed by atoms with Crippen LogP contribution in [0.1, 0.15) is 37.8 Å². The van der Waals surface area contributed by atoms with E-state index in [4.69, 9.17) is 11.6 Å². The monoisotopic (exact) mass is 547 g/mol. The molecule has 2 aromatic rings. The Morgan fingerprint density at radius 2 is 1.78 bits per heavy atom. The fourth-order valence-electron chi connectivity index (χ4n) is 3.40. The Kier molecular flexibility index (Phi) is 10.2. The zero-order valence-corrected chi connectivity index (χ0v) is 21.8. The van der Waals surface area contributed by atoms with Crippen LogP contribution >= 0.6 is 11.6 Å². The number of sulfonamides is 1. The highest BCUT2D eigenvalue weighted by Crippen LogP contribution is 2.32. The van der Waals surface area contributed by atoms with Gasteiger partial charge < -0.3 is 10.2 Å². The first-order chi connectivity index (χ1) is 16.7. The molecule has 0 heterocycles. The number of hydrogen-bond acceptors (Lipinski definition) is 4. The average molecular weight is 548 g/mol. The minimum atomic E-state index is -4.70. The van der Waals surface area contributed by atoms with E-state index >= 15 is 0 Å². The van der Waals surface area contributed by atoms with Crippen LogP contribution in [-0.2, 0) is 32.3 Å². The van der Waals surface area contributed by atoms with Crippen LogP contribution in [0.3, 0.4) is 0 Å². The van der Waals surface area contributed by atoms with Gasteiger partial charge in [0.25, 0.3) is 0 Å². The van der Waals surface area contributed by atoms with Crippen LogP contribution in [-0.4, -0.2) is 50.5 Å². The zero-order valence-electron chi connectivity index (χ0n) is 20.2. The summed E-state index contributed by atoms with van der Waals surface area (Å²) in [4.78, 5) is 27.3. The normalized spacial score (nSPS) is 12.6. The molecule has 0 bridgehead atoms. The van der Waals surface area contributed by atoms with Crippen LogP contribution in [0.5, 0.6) is 0 Å². The van der Waals surface area contributed by atoms with Crippen molar-refractivity contribution in [2.45, 2.75) is 45.5 Å². The largest absolute Gasteiger partial charge is 0.416 e.